The first kappa shape index (κ1) is 12.7. The maximum Gasteiger partial charge on any atom is 0.574 e. The number of rotatable bonds is 3. The smallest absolute Gasteiger partial charge is 0.392 e. The van der Waals surface area contributed by atoms with Crippen LogP contribution in [0.4, 0.5) is 13.2 Å². The molecule has 1 rings (SSSR count). The highest BCUT2D eigenvalue weighted by Gasteiger charge is 2.33. The molecule has 0 radical (unpaired) electrons. The van der Waals surface area contributed by atoms with E-state index in [-0.39, 0.29) is 24.4 Å². The minimum absolute atomic E-state index is 0.104. The number of aryl methyl sites for hydroxylation is 1. The SMILES string of the molecule is Cc1nc(OC(F)(F)F)c(CN)cc1CO. The van der Waals surface area contributed by atoms with Crippen molar-refractivity contribution in [3.8, 4) is 5.88 Å². The fraction of sp³-hybridized carbons (Fsp3) is 0.444. The number of hydrogen-bond acceptors (Lipinski definition) is 4. The normalized spacial score (nSPS) is 11.6. The standard InChI is InChI=1S/C9H11F3N2O2/c1-5-7(4-15)2-6(3-13)8(14-5)16-9(10,11)12/h2,15H,3-4,13H2,1H3. The van der Waals surface area contributed by atoms with Crippen LogP contribution < -0.4 is 10.5 Å². The number of aromatic nitrogens is 1. The summed E-state index contributed by atoms with van der Waals surface area (Å²) in [6, 6.07) is 1.35. The molecule has 0 bridgehead atoms. The number of alkyl halides is 3. The van der Waals surface area contributed by atoms with Gasteiger partial charge in [-0.15, -0.1) is 13.2 Å². The van der Waals surface area contributed by atoms with Crippen molar-refractivity contribution in [2.45, 2.75) is 26.4 Å². The summed E-state index contributed by atoms with van der Waals surface area (Å²) in [5.74, 6) is -0.565. The third-order valence-electron chi connectivity index (χ3n) is 1.96. The summed E-state index contributed by atoms with van der Waals surface area (Å²) in [5.41, 5.74) is 6.08. The molecule has 1 aromatic heterocycles. The molecule has 0 aliphatic rings. The zero-order chi connectivity index (χ0) is 12.3. The molecule has 16 heavy (non-hydrogen) atoms. The highest BCUT2D eigenvalue weighted by atomic mass is 19.4. The van der Waals surface area contributed by atoms with Crippen LogP contribution in [0.5, 0.6) is 5.88 Å². The molecular weight excluding hydrogens is 225 g/mol. The molecule has 90 valence electrons. The van der Waals surface area contributed by atoms with Crippen LogP contribution in [-0.2, 0) is 13.2 Å². The van der Waals surface area contributed by atoms with Crippen molar-refractivity contribution in [1.82, 2.24) is 4.98 Å². The van der Waals surface area contributed by atoms with E-state index in [9.17, 15) is 13.2 Å². The molecule has 1 heterocycles. The highest BCUT2D eigenvalue weighted by molar-refractivity contribution is 5.33. The van der Waals surface area contributed by atoms with Gasteiger partial charge in [-0.1, -0.05) is 0 Å². The number of aliphatic hydroxyl groups is 1. The summed E-state index contributed by atoms with van der Waals surface area (Å²) in [7, 11) is 0. The van der Waals surface area contributed by atoms with E-state index in [1.54, 1.807) is 0 Å². The summed E-state index contributed by atoms with van der Waals surface area (Å²) in [6.45, 7) is 1.03. The maximum absolute atomic E-state index is 12.0. The Balaban J connectivity index is 3.13. The predicted octanol–water partition coefficient (Wildman–Crippen LogP) is 1.24. The maximum atomic E-state index is 12.0. The third kappa shape index (κ3) is 3.07. The first-order chi connectivity index (χ1) is 7.37. The monoisotopic (exact) mass is 236 g/mol. The summed E-state index contributed by atoms with van der Waals surface area (Å²) in [5, 5.41) is 8.92. The van der Waals surface area contributed by atoms with Gasteiger partial charge < -0.3 is 15.6 Å². The molecule has 0 unspecified atom stereocenters. The minimum atomic E-state index is -4.80. The van der Waals surface area contributed by atoms with E-state index in [0.29, 0.717) is 5.56 Å². The Morgan fingerprint density at radius 1 is 1.44 bits per heavy atom. The van der Waals surface area contributed by atoms with Crippen LogP contribution in [-0.4, -0.2) is 16.5 Å². The zero-order valence-corrected chi connectivity index (χ0v) is 8.51. The van der Waals surface area contributed by atoms with Crippen LogP contribution in [0.2, 0.25) is 0 Å². The van der Waals surface area contributed by atoms with Crippen LogP contribution >= 0.6 is 0 Å². The highest BCUT2D eigenvalue weighted by Crippen LogP contribution is 2.26. The number of hydrogen-bond donors (Lipinski definition) is 2. The van der Waals surface area contributed by atoms with Gasteiger partial charge >= 0.3 is 6.36 Å². The lowest BCUT2D eigenvalue weighted by atomic mass is 10.1. The number of halogens is 3. The van der Waals surface area contributed by atoms with Gasteiger partial charge in [-0.2, -0.15) is 0 Å². The summed E-state index contributed by atoms with van der Waals surface area (Å²) >= 11 is 0. The number of aliphatic hydroxyl groups excluding tert-OH is 1. The molecule has 7 heteroatoms. The van der Waals surface area contributed by atoms with Gasteiger partial charge in [-0.05, 0) is 18.6 Å². The first-order valence-corrected chi connectivity index (χ1v) is 4.43. The van der Waals surface area contributed by atoms with Crippen molar-refractivity contribution in [1.29, 1.82) is 0 Å². The van der Waals surface area contributed by atoms with Gasteiger partial charge in [0.05, 0.1) is 6.61 Å². The van der Waals surface area contributed by atoms with E-state index in [4.69, 9.17) is 10.8 Å². The van der Waals surface area contributed by atoms with E-state index in [1.807, 2.05) is 0 Å². The molecule has 3 N–H and O–H groups in total. The molecule has 0 aliphatic carbocycles. The molecule has 0 aromatic carbocycles. The second-order valence-electron chi connectivity index (χ2n) is 3.11. The molecule has 0 aliphatic heterocycles. The number of nitrogens with two attached hydrogens (primary N) is 1. The molecule has 0 saturated heterocycles. The summed E-state index contributed by atoms with van der Waals surface area (Å²) in [6.07, 6.45) is -4.80. The van der Waals surface area contributed by atoms with Crippen LogP contribution in [0.3, 0.4) is 0 Å². The molecule has 0 atom stereocenters. The summed E-state index contributed by atoms with van der Waals surface area (Å²) in [4.78, 5) is 3.62. The van der Waals surface area contributed by atoms with E-state index < -0.39 is 12.2 Å². The number of ether oxygens (including phenoxy) is 1. The zero-order valence-electron chi connectivity index (χ0n) is 8.51. The van der Waals surface area contributed by atoms with Crippen molar-refractivity contribution in [2.75, 3.05) is 0 Å². The van der Waals surface area contributed by atoms with Gasteiger partial charge in [0.25, 0.3) is 0 Å². The number of nitrogens with zero attached hydrogens (tertiary/aromatic N) is 1. The Morgan fingerprint density at radius 3 is 2.50 bits per heavy atom. The average Bonchev–Trinajstić information content (AvgIpc) is 2.16. The van der Waals surface area contributed by atoms with Gasteiger partial charge in [0.2, 0.25) is 5.88 Å². The van der Waals surface area contributed by atoms with Crippen LogP contribution in [0, 0.1) is 6.92 Å². The minimum Gasteiger partial charge on any atom is -0.392 e. The molecule has 0 spiro atoms. The van der Waals surface area contributed by atoms with Crippen LogP contribution in [0.1, 0.15) is 16.8 Å². The fourth-order valence-corrected chi connectivity index (χ4v) is 1.18. The molecule has 1 aromatic rings. The van der Waals surface area contributed by atoms with Crippen molar-refractivity contribution < 1.29 is 23.0 Å². The fourth-order valence-electron chi connectivity index (χ4n) is 1.18. The van der Waals surface area contributed by atoms with Crippen molar-refractivity contribution in [3.05, 3.63) is 22.9 Å². The van der Waals surface area contributed by atoms with Gasteiger partial charge in [-0.25, -0.2) is 4.98 Å². The van der Waals surface area contributed by atoms with Gasteiger partial charge in [-0.3, -0.25) is 0 Å². The second-order valence-corrected chi connectivity index (χ2v) is 3.11. The largest absolute Gasteiger partial charge is 0.574 e. The van der Waals surface area contributed by atoms with Crippen LogP contribution in [0.15, 0.2) is 6.07 Å². The molecule has 4 nitrogen and oxygen atoms in total. The second kappa shape index (κ2) is 4.67. The van der Waals surface area contributed by atoms with Crippen molar-refractivity contribution in [3.63, 3.8) is 0 Å². The summed E-state index contributed by atoms with van der Waals surface area (Å²) < 4.78 is 39.8. The first-order valence-electron chi connectivity index (χ1n) is 4.43. The Labute approximate surface area is 89.9 Å². The lowest BCUT2D eigenvalue weighted by Gasteiger charge is -2.13. The van der Waals surface area contributed by atoms with E-state index in [2.05, 4.69) is 9.72 Å². The molecule has 0 amide bonds. The lowest BCUT2D eigenvalue weighted by molar-refractivity contribution is -0.276. The Kier molecular flexibility index (Phi) is 3.71. The van der Waals surface area contributed by atoms with Gasteiger partial charge in [0.1, 0.15) is 0 Å². The quantitative estimate of drug-likeness (QED) is 0.828. The Bertz CT molecular complexity index is 380. The van der Waals surface area contributed by atoms with E-state index >= 15 is 0 Å². The molecule has 0 saturated carbocycles. The third-order valence-corrected chi connectivity index (χ3v) is 1.96. The van der Waals surface area contributed by atoms with Gasteiger partial charge in [0, 0.05) is 17.8 Å². The number of pyridine rings is 1. The van der Waals surface area contributed by atoms with E-state index in [1.165, 1.54) is 13.0 Å². The topological polar surface area (TPSA) is 68.4 Å². The Morgan fingerprint density at radius 2 is 2.06 bits per heavy atom. The lowest BCUT2D eigenvalue weighted by Crippen LogP contribution is -2.20. The van der Waals surface area contributed by atoms with E-state index in [0.717, 1.165) is 0 Å². The average molecular weight is 236 g/mol. The molecular formula is C9H11F3N2O2. The predicted molar refractivity (Wildman–Crippen MR) is 49.5 cm³/mol. The Hall–Kier alpha value is -1.34. The van der Waals surface area contributed by atoms with Crippen molar-refractivity contribution in [2.24, 2.45) is 5.73 Å². The van der Waals surface area contributed by atoms with Gasteiger partial charge in [0.15, 0.2) is 0 Å². The van der Waals surface area contributed by atoms with Crippen molar-refractivity contribution >= 4 is 0 Å². The van der Waals surface area contributed by atoms with Crippen LogP contribution in [0.25, 0.3) is 0 Å². The molecule has 0 fully saturated rings.